The highest BCUT2D eigenvalue weighted by molar-refractivity contribution is 5.96. The van der Waals surface area contributed by atoms with Crippen molar-refractivity contribution in [2.24, 2.45) is 0 Å². The summed E-state index contributed by atoms with van der Waals surface area (Å²) in [6.45, 7) is 2.04. The molecule has 1 saturated heterocycles. The predicted molar refractivity (Wildman–Crippen MR) is 100 cm³/mol. The third-order valence-corrected chi connectivity index (χ3v) is 4.95. The van der Waals surface area contributed by atoms with Gasteiger partial charge in [0, 0.05) is 31.7 Å². The number of nitrogens with zero attached hydrogens (tertiary/aromatic N) is 6. The lowest BCUT2D eigenvalue weighted by molar-refractivity contribution is 0.0501. The summed E-state index contributed by atoms with van der Waals surface area (Å²) < 4.78 is 3.90. The van der Waals surface area contributed by atoms with Crippen molar-refractivity contribution in [3.8, 4) is 0 Å². The van der Waals surface area contributed by atoms with Crippen molar-refractivity contribution in [1.82, 2.24) is 29.2 Å². The fourth-order valence-electron chi connectivity index (χ4n) is 3.43. The number of benzene rings is 1. The molecule has 134 valence electrons. The average Bonchev–Trinajstić information content (AvgIpc) is 3.31. The summed E-state index contributed by atoms with van der Waals surface area (Å²) in [6.07, 6.45) is 7.11. The molecule has 5 rings (SSSR count). The molecule has 0 saturated carbocycles. The van der Waals surface area contributed by atoms with E-state index in [1.807, 2.05) is 50.7 Å². The zero-order chi connectivity index (χ0) is 18.2. The van der Waals surface area contributed by atoms with Crippen LogP contribution < -0.4 is 0 Å². The molecule has 1 aliphatic rings. The van der Waals surface area contributed by atoms with Crippen LogP contribution in [-0.2, 0) is 6.54 Å². The first-order chi connectivity index (χ1) is 13.3. The molecule has 7 nitrogen and oxygen atoms in total. The zero-order valence-corrected chi connectivity index (χ0v) is 14.6. The van der Waals surface area contributed by atoms with E-state index in [-0.39, 0.29) is 11.9 Å². The van der Waals surface area contributed by atoms with Crippen LogP contribution in [-0.4, -0.2) is 48.2 Å². The van der Waals surface area contributed by atoms with Gasteiger partial charge in [-0.05, 0) is 17.7 Å². The largest absolute Gasteiger partial charge is 0.334 e. The van der Waals surface area contributed by atoms with E-state index in [4.69, 9.17) is 0 Å². The third-order valence-electron chi connectivity index (χ3n) is 4.95. The first-order valence-corrected chi connectivity index (χ1v) is 8.91. The minimum Gasteiger partial charge on any atom is -0.334 e. The van der Waals surface area contributed by atoms with Gasteiger partial charge in [0.25, 0.3) is 5.91 Å². The molecule has 4 aromatic rings. The lowest BCUT2D eigenvalue weighted by Crippen LogP contribution is -2.50. The number of hydrogen-bond acceptors (Lipinski definition) is 4. The first-order valence-electron chi connectivity index (χ1n) is 8.91. The first kappa shape index (κ1) is 15.7. The van der Waals surface area contributed by atoms with E-state index in [1.54, 1.807) is 18.7 Å². The molecular weight excluding hydrogens is 340 g/mol. The van der Waals surface area contributed by atoms with Crippen LogP contribution in [0.1, 0.15) is 22.0 Å². The summed E-state index contributed by atoms with van der Waals surface area (Å²) in [5.74, 6) is -0.00887. The van der Waals surface area contributed by atoms with E-state index in [9.17, 15) is 4.79 Å². The summed E-state index contributed by atoms with van der Waals surface area (Å²) in [7, 11) is 0. The highest BCUT2D eigenvalue weighted by Gasteiger charge is 2.33. The molecule has 4 heterocycles. The second-order valence-electron chi connectivity index (χ2n) is 6.77. The standard InChI is InChI=1S/C20H18N6O/c27-20(24-12-17(13-24)26-8-4-7-23-26)16-9-18-19(21-10-16)25(14-22-18)11-15-5-2-1-3-6-15/h1-10,14,17H,11-13H2. The molecule has 1 amide bonds. The Kier molecular flexibility index (Phi) is 3.71. The molecule has 0 spiro atoms. The SMILES string of the molecule is O=C(c1cnc2c(c1)ncn2Cc1ccccc1)N1CC(n2cccn2)C1. The average molecular weight is 358 g/mol. The van der Waals surface area contributed by atoms with Gasteiger partial charge in [0.2, 0.25) is 0 Å². The number of hydrogen-bond donors (Lipinski definition) is 0. The molecule has 1 fully saturated rings. The Labute approximate surface area is 155 Å². The highest BCUT2D eigenvalue weighted by Crippen LogP contribution is 2.23. The lowest BCUT2D eigenvalue weighted by Gasteiger charge is -2.39. The molecular formula is C20H18N6O. The Hall–Kier alpha value is -3.48. The highest BCUT2D eigenvalue weighted by atomic mass is 16.2. The summed E-state index contributed by atoms with van der Waals surface area (Å²) in [6, 6.07) is 14.2. The van der Waals surface area contributed by atoms with Crippen molar-refractivity contribution < 1.29 is 4.79 Å². The molecule has 3 aromatic heterocycles. The molecule has 0 bridgehead atoms. The summed E-state index contributed by atoms with van der Waals surface area (Å²) in [5, 5.41) is 4.24. The number of aromatic nitrogens is 5. The van der Waals surface area contributed by atoms with Crippen LogP contribution in [0.5, 0.6) is 0 Å². The molecule has 27 heavy (non-hydrogen) atoms. The van der Waals surface area contributed by atoms with Crippen molar-refractivity contribution in [3.05, 3.63) is 78.5 Å². The normalized spacial score (nSPS) is 14.4. The number of imidazole rings is 1. The van der Waals surface area contributed by atoms with E-state index in [2.05, 4.69) is 27.2 Å². The quantitative estimate of drug-likeness (QED) is 0.562. The molecule has 7 heteroatoms. The van der Waals surface area contributed by atoms with Gasteiger partial charge in [0.05, 0.1) is 24.5 Å². The van der Waals surface area contributed by atoms with Gasteiger partial charge in [-0.15, -0.1) is 0 Å². The Balaban J connectivity index is 1.33. The number of rotatable bonds is 4. The van der Waals surface area contributed by atoms with Gasteiger partial charge in [-0.3, -0.25) is 9.48 Å². The van der Waals surface area contributed by atoms with E-state index in [0.717, 1.165) is 11.2 Å². The van der Waals surface area contributed by atoms with Crippen LogP contribution in [0.4, 0.5) is 0 Å². The Morgan fingerprint density at radius 2 is 1.96 bits per heavy atom. The maximum atomic E-state index is 12.7. The summed E-state index contributed by atoms with van der Waals surface area (Å²) in [5.41, 5.74) is 3.28. The van der Waals surface area contributed by atoms with Gasteiger partial charge in [0.15, 0.2) is 5.65 Å². The number of carbonyl (C=O) groups excluding carboxylic acids is 1. The Bertz CT molecular complexity index is 1080. The van der Waals surface area contributed by atoms with Gasteiger partial charge >= 0.3 is 0 Å². The number of pyridine rings is 1. The topological polar surface area (TPSA) is 68.8 Å². The summed E-state index contributed by atoms with van der Waals surface area (Å²) >= 11 is 0. The minimum atomic E-state index is -0.00887. The third kappa shape index (κ3) is 2.87. The van der Waals surface area contributed by atoms with Crippen molar-refractivity contribution in [2.75, 3.05) is 13.1 Å². The molecule has 0 aliphatic carbocycles. The van der Waals surface area contributed by atoms with Crippen LogP contribution in [0.3, 0.4) is 0 Å². The van der Waals surface area contributed by atoms with Crippen LogP contribution in [0.2, 0.25) is 0 Å². The van der Waals surface area contributed by atoms with E-state index < -0.39 is 0 Å². The van der Waals surface area contributed by atoms with Gasteiger partial charge in [-0.2, -0.15) is 5.10 Å². The fraction of sp³-hybridized carbons (Fsp3) is 0.200. The van der Waals surface area contributed by atoms with Crippen LogP contribution in [0.25, 0.3) is 11.2 Å². The van der Waals surface area contributed by atoms with E-state index >= 15 is 0 Å². The van der Waals surface area contributed by atoms with Crippen LogP contribution in [0, 0.1) is 0 Å². The molecule has 1 aliphatic heterocycles. The van der Waals surface area contributed by atoms with E-state index in [1.165, 1.54) is 5.56 Å². The number of fused-ring (bicyclic) bond motifs is 1. The lowest BCUT2D eigenvalue weighted by atomic mass is 10.1. The van der Waals surface area contributed by atoms with Crippen molar-refractivity contribution in [1.29, 1.82) is 0 Å². The Morgan fingerprint density at radius 3 is 2.74 bits per heavy atom. The van der Waals surface area contributed by atoms with E-state index in [0.29, 0.717) is 25.2 Å². The molecule has 0 N–H and O–H groups in total. The summed E-state index contributed by atoms with van der Waals surface area (Å²) in [4.78, 5) is 23.5. The number of likely N-dealkylation sites (tertiary alicyclic amines) is 1. The second kappa shape index (κ2) is 6.35. The smallest absolute Gasteiger partial charge is 0.255 e. The molecule has 0 unspecified atom stereocenters. The van der Waals surface area contributed by atoms with Crippen LogP contribution >= 0.6 is 0 Å². The predicted octanol–water partition coefficient (Wildman–Crippen LogP) is 2.37. The Morgan fingerprint density at radius 1 is 1.11 bits per heavy atom. The maximum absolute atomic E-state index is 12.7. The second-order valence-corrected chi connectivity index (χ2v) is 6.77. The van der Waals surface area contributed by atoms with Crippen molar-refractivity contribution >= 4 is 17.1 Å². The molecule has 0 atom stereocenters. The van der Waals surface area contributed by atoms with Crippen LogP contribution in [0.15, 0.2) is 67.4 Å². The van der Waals surface area contributed by atoms with Gasteiger partial charge in [-0.25, -0.2) is 9.97 Å². The van der Waals surface area contributed by atoms with Gasteiger partial charge in [0.1, 0.15) is 5.52 Å². The van der Waals surface area contributed by atoms with Gasteiger partial charge in [-0.1, -0.05) is 30.3 Å². The van der Waals surface area contributed by atoms with Gasteiger partial charge < -0.3 is 9.47 Å². The fourth-order valence-corrected chi connectivity index (χ4v) is 3.43. The zero-order valence-electron chi connectivity index (χ0n) is 14.6. The minimum absolute atomic E-state index is 0.00887. The maximum Gasteiger partial charge on any atom is 0.255 e. The molecule has 1 aromatic carbocycles. The van der Waals surface area contributed by atoms with Crippen molar-refractivity contribution in [2.45, 2.75) is 12.6 Å². The number of carbonyl (C=O) groups is 1. The monoisotopic (exact) mass is 358 g/mol. The molecule has 0 radical (unpaired) electrons. The number of amides is 1. The van der Waals surface area contributed by atoms with Crippen molar-refractivity contribution in [3.63, 3.8) is 0 Å².